The minimum Gasteiger partial charge on any atom is -0.355 e. The average Bonchev–Trinajstić information content (AvgIpc) is 2.93. The van der Waals surface area contributed by atoms with E-state index in [4.69, 9.17) is 11.6 Å². The predicted octanol–water partition coefficient (Wildman–Crippen LogP) is 3.64. The van der Waals surface area contributed by atoms with Crippen LogP contribution in [0.3, 0.4) is 0 Å². The molecule has 0 aliphatic heterocycles. The minimum absolute atomic E-state index is 0.0386. The van der Waals surface area contributed by atoms with E-state index in [-0.39, 0.29) is 24.8 Å². The summed E-state index contributed by atoms with van der Waals surface area (Å²) in [7, 11) is 1.79. The molecule has 2 aromatic rings. The quantitative estimate of drug-likeness (QED) is 0.616. The number of hydrogen-bond acceptors (Lipinski definition) is 3. The number of nitrogens with one attached hydrogen (secondary N) is 1. The van der Waals surface area contributed by atoms with Gasteiger partial charge < -0.3 is 9.88 Å². The minimum atomic E-state index is -0.0504. The van der Waals surface area contributed by atoms with Gasteiger partial charge >= 0.3 is 0 Å². The Bertz CT molecular complexity index is 812. The Hall–Kier alpha value is -2.11. The molecule has 6 heteroatoms. The number of rotatable bonds is 10. The normalized spacial score (nSPS) is 11.1. The van der Waals surface area contributed by atoms with E-state index in [9.17, 15) is 9.59 Å². The van der Waals surface area contributed by atoms with Gasteiger partial charge in [-0.25, -0.2) is 0 Å². The summed E-state index contributed by atoms with van der Waals surface area (Å²) in [6.45, 7) is 7.93. The highest BCUT2D eigenvalue weighted by atomic mass is 35.5. The SMILES string of the molecule is CCCNC(=O)CN(C)CC(=O)c1cc(C)n(CCc2ccc(Cl)cc2)c1C. The van der Waals surface area contributed by atoms with Gasteiger partial charge in [-0.3, -0.25) is 14.5 Å². The van der Waals surface area contributed by atoms with E-state index in [1.807, 2.05) is 51.1 Å². The lowest BCUT2D eigenvalue weighted by atomic mass is 10.1. The van der Waals surface area contributed by atoms with E-state index < -0.39 is 0 Å². The summed E-state index contributed by atoms with van der Waals surface area (Å²) in [5, 5.41) is 3.57. The molecular weight excluding hydrogens is 374 g/mol. The van der Waals surface area contributed by atoms with E-state index in [2.05, 4.69) is 9.88 Å². The van der Waals surface area contributed by atoms with Crippen LogP contribution in [0.5, 0.6) is 0 Å². The van der Waals surface area contributed by atoms with Gasteiger partial charge in [0.1, 0.15) is 0 Å². The van der Waals surface area contributed by atoms with Crippen molar-refractivity contribution >= 4 is 23.3 Å². The first-order chi connectivity index (χ1) is 13.3. The third-order valence-corrected chi connectivity index (χ3v) is 5.06. The van der Waals surface area contributed by atoms with E-state index >= 15 is 0 Å². The summed E-state index contributed by atoms with van der Waals surface area (Å²) < 4.78 is 2.18. The van der Waals surface area contributed by atoms with Gasteiger partial charge in [0.15, 0.2) is 5.78 Å². The van der Waals surface area contributed by atoms with Crippen LogP contribution in [0.15, 0.2) is 30.3 Å². The van der Waals surface area contributed by atoms with E-state index in [0.717, 1.165) is 41.4 Å². The average molecular weight is 404 g/mol. The van der Waals surface area contributed by atoms with Crippen molar-refractivity contribution in [2.45, 2.75) is 40.2 Å². The second kappa shape index (κ2) is 10.4. The van der Waals surface area contributed by atoms with Crippen molar-refractivity contribution in [1.29, 1.82) is 0 Å². The van der Waals surface area contributed by atoms with Gasteiger partial charge in [0.05, 0.1) is 13.1 Å². The fourth-order valence-electron chi connectivity index (χ4n) is 3.27. The molecule has 0 aliphatic carbocycles. The molecule has 1 aromatic heterocycles. The van der Waals surface area contributed by atoms with Crippen LogP contribution >= 0.6 is 11.6 Å². The lowest BCUT2D eigenvalue weighted by molar-refractivity contribution is -0.121. The topological polar surface area (TPSA) is 54.3 Å². The predicted molar refractivity (Wildman–Crippen MR) is 114 cm³/mol. The fourth-order valence-corrected chi connectivity index (χ4v) is 3.40. The Kier molecular flexibility index (Phi) is 8.27. The third-order valence-electron chi connectivity index (χ3n) is 4.81. The van der Waals surface area contributed by atoms with Crippen LogP contribution in [0.2, 0.25) is 5.02 Å². The standard InChI is InChI=1S/C22H30ClN3O2/c1-5-11-24-22(28)15-25(4)14-21(27)20-13-16(2)26(17(20)3)12-10-18-6-8-19(23)9-7-18/h6-9,13H,5,10-12,14-15H2,1-4H3,(H,24,28). The van der Waals surface area contributed by atoms with Gasteiger partial charge in [-0.2, -0.15) is 0 Å². The summed E-state index contributed by atoms with van der Waals surface area (Å²) >= 11 is 5.94. The van der Waals surface area contributed by atoms with Crippen LogP contribution in [-0.4, -0.2) is 47.8 Å². The first-order valence-electron chi connectivity index (χ1n) is 9.71. The summed E-state index contributed by atoms with van der Waals surface area (Å²) in [6, 6.07) is 9.80. The number of amides is 1. The molecule has 0 atom stereocenters. The summed E-state index contributed by atoms with van der Waals surface area (Å²) in [4.78, 5) is 26.3. The van der Waals surface area contributed by atoms with Gasteiger partial charge in [0.25, 0.3) is 0 Å². The Labute approximate surface area is 172 Å². The molecule has 2 rings (SSSR count). The van der Waals surface area contributed by atoms with Crippen molar-refractivity contribution in [1.82, 2.24) is 14.8 Å². The molecule has 0 bridgehead atoms. The van der Waals surface area contributed by atoms with Crippen molar-refractivity contribution < 1.29 is 9.59 Å². The van der Waals surface area contributed by atoms with Crippen molar-refractivity contribution in [3.63, 3.8) is 0 Å². The first-order valence-corrected chi connectivity index (χ1v) is 10.1. The second-order valence-electron chi connectivity index (χ2n) is 7.26. The highest BCUT2D eigenvalue weighted by Crippen LogP contribution is 2.18. The van der Waals surface area contributed by atoms with Gasteiger partial charge in [-0.15, -0.1) is 0 Å². The van der Waals surface area contributed by atoms with Crippen LogP contribution in [0.1, 0.15) is 40.7 Å². The molecule has 0 aliphatic rings. The van der Waals surface area contributed by atoms with Gasteiger partial charge in [-0.05, 0) is 57.5 Å². The summed E-state index contributed by atoms with van der Waals surface area (Å²) in [5.74, 6) is -0.0118. The molecule has 0 radical (unpaired) electrons. The highest BCUT2D eigenvalue weighted by molar-refractivity contribution is 6.30. The van der Waals surface area contributed by atoms with Crippen molar-refractivity contribution in [2.24, 2.45) is 0 Å². The number of likely N-dealkylation sites (N-methyl/N-ethyl adjacent to an activating group) is 1. The molecule has 28 heavy (non-hydrogen) atoms. The Morgan fingerprint density at radius 3 is 2.46 bits per heavy atom. The molecule has 152 valence electrons. The fraction of sp³-hybridized carbons (Fsp3) is 0.455. The number of carbonyl (C=O) groups is 2. The zero-order valence-corrected chi connectivity index (χ0v) is 18.0. The van der Waals surface area contributed by atoms with Crippen molar-refractivity contribution in [3.8, 4) is 0 Å². The highest BCUT2D eigenvalue weighted by Gasteiger charge is 2.18. The molecule has 0 saturated heterocycles. The molecule has 1 N–H and O–H groups in total. The molecule has 5 nitrogen and oxygen atoms in total. The monoisotopic (exact) mass is 403 g/mol. The first kappa shape index (κ1) is 22.2. The van der Waals surface area contributed by atoms with Crippen LogP contribution in [0.25, 0.3) is 0 Å². The van der Waals surface area contributed by atoms with E-state index in [1.165, 1.54) is 5.56 Å². The number of hydrogen-bond donors (Lipinski definition) is 1. The molecule has 0 spiro atoms. The molecule has 0 fully saturated rings. The number of halogens is 1. The molecule has 1 amide bonds. The third kappa shape index (κ3) is 6.21. The van der Waals surface area contributed by atoms with Crippen LogP contribution < -0.4 is 5.32 Å². The van der Waals surface area contributed by atoms with Gasteiger partial charge in [-0.1, -0.05) is 30.7 Å². The number of ketones is 1. The smallest absolute Gasteiger partial charge is 0.234 e. The van der Waals surface area contributed by atoms with Crippen molar-refractivity contribution in [3.05, 3.63) is 57.9 Å². The summed E-state index contributed by atoms with van der Waals surface area (Å²) in [6.07, 6.45) is 1.77. The van der Waals surface area contributed by atoms with Gasteiger partial charge in [0, 0.05) is 35.1 Å². The van der Waals surface area contributed by atoms with Gasteiger partial charge in [0.2, 0.25) is 5.91 Å². The molecule has 1 heterocycles. The molecule has 0 saturated carbocycles. The maximum Gasteiger partial charge on any atom is 0.234 e. The zero-order chi connectivity index (χ0) is 20.7. The van der Waals surface area contributed by atoms with E-state index in [1.54, 1.807) is 11.9 Å². The number of nitrogens with zero attached hydrogens (tertiary/aromatic N) is 2. The Morgan fingerprint density at radius 2 is 1.82 bits per heavy atom. The number of benzene rings is 1. The Morgan fingerprint density at radius 1 is 1.14 bits per heavy atom. The maximum absolute atomic E-state index is 12.7. The molecule has 1 aromatic carbocycles. The van der Waals surface area contributed by atoms with Crippen LogP contribution in [0, 0.1) is 13.8 Å². The molecular formula is C22H30ClN3O2. The lowest BCUT2D eigenvalue weighted by Crippen LogP contribution is -2.37. The largest absolute Gasteiger partial charge is 0.355 e. The Balaban J connectivity index is 1.98. The summed E-state index contributed by atoms with van der Waals surface area (Å²) in [5.41, 5.74) is 3.98. The molecule has 0 unspecified atom stereocenters. The number of Topliss-reactive ketones (excluding diaryl/α,β-unsaturated/α-hetero) is 1. The van der Waals surface area contributed by atoms with Crippen LogP contribution in [0.4, 0.5) is 0 Å². The maximum atomic E-state index is 12.7. The zero-order valence-electron chi connectivity index (χ0n) is 17.2. The van der Waals surface area contributed by atoms with Crippen molar-refractivity contribution in [2.75, 3.05) is 26.7 Å². The van der Waals surface area contributed by atoms with Crippen LogP contribution in [-0.2, 0) is 17.8 Å². The van der Waals surface area contributed by atoms with E-state index in [0.29, 0.717) is 6.54 Å². The number of carbonyl (C=O) groups excluding carboxylic acids is 2. The lowest BCUT2D eigenvalue weighted by Gasteiger charge is -2.15. The number of aryl methyl sites for hydroxylation is 2. The number of aromatic nitrogens is 1. The second-order valence-corrected chi connectivity index (χ2v) is 7.69.